The number of nitrogens with zero attached hydrogens (tertiary/aromatic N) is 2. The fraction of sp³-hybridized carbons (Fsp3) is 0.609. The predicted molar refractivity (Wildman–Crippen MR) is 136 cm³/mol. The van der Waals surface area contributed by atoms with Crippen LogP contribution in [0.3, 0.4) is 0 Å². The number of hydrogen-bond acceptors (Lipinski definition) is 4. The molecule has 0 spiro atoms. The van der Waals surface area contributed by atoms with Crippen molar-refractivity contribution in [1.29, 1.82) is 0 Å². The Morgan fingerprint density at radius 3 is 2.62 bits per heavy atom. The third kappa shape index (κ3) is 7.14. The summed E-state index contributed by atoms with van der Waals surface area (Å²) in [5.74, 6) is 0.0714. The van der Waals surface area contributed by atoms with Crippen molar-refractivity contribution in [2.75, 3.05) is 6.61 Å². The van der Waals surface area contributed by atoms with Gasteiger partial charge >= 0.3 is 0 Å². The van der Waals surface area contributed by atoms with Gasteiger partial charge in [-0.05, 0) is 63.8 Å². The summed E-state index contributed by atoms with van der Waals surface area (Å²) in [7, 11) is -1.17. The summed E-state index contributed by atoms with van der Waals surface area (Å²) < 4.78 is 38.5. The summed E-state index contributed by atoms with van der Waals surface area (Å²) in [6.07, 6.45) is 4.11. The smallest absolute Gasteiger partial charge is 0.139 e. The van der Waals surface area contributed by atoms with Crippen LogP contribution in [0.15, 0.2) is 28.9 Å². The molecule has 1 aromatic heterocycles. The van der Waals surface area contributed by atoms with Gasteiger partial charge in [-0.2, -0.15) is 5.10 Å². The Bertz CT molecular complexity index is 925. The minimum atomic E-state index is -1.23. The number of hydrogen-bond donors (Lipinski definition) is 1. The van der Waals surface area contributed by atoms with E-state index in [1.165, 1.54) is 12.1 Å². The molecule has 3 rings (SSSR count). The van der Waals surface area contributed by atoms with E-state index in [1.807, 2.05) is 27.0 Å². The largest absolute Gasteiger partial charge is 0.598 e. The average Bonchev–Trinajstić information content (AvgIpc) is 3.43. The van der Waals surface area contributed by atoms with E-state index in [0.717, 1.165) is 28.9 Å². The van der Waals surface area contributed by atoms with Crippen molar-refractivity contribution >= 4 is 35.4 Å². The number of halogens is 2. The van der Waals surface area contributed by atoms with Crippen molar-refractivity contribution in [3.8, 4) is 11.3 Å². The van der Waals surface area contributed by atoms with E-state index in [9.17, 15) is 8.94 Å². The van der Waals surface area contributed by atoms with Gasteiger partial charge in [0.2, 0.25) is 0 Å². The molecule has 5 nitrogen and oxygen atoms in total. The molecule has 0 amide bonds. The molecule has 9 heteroatoms. The van der Waals surface area contributed by atoms with Gasteiger partial charge in [0.05, 0.1) is 11.7 Å². The van der Waals surface area contributed by atoms with Gasteiger partial charge in [-0.15, -0.1) is 4.72 Å². The fourth-order valence-electron chi connectivity index (χ4n) is 3.29. The van der Waals surface area contributed by atoms with E-state index in [4.69, 9.17) is 9.84 Å². The van der Waals surface area contributed by atoms with E-state index >= 15 is 0 Å². The molecular formula is C23H35BrFN3O2SSi. The van der Waals surface area contributed by atoms with Gasteiger partial charge in [0.1, 0.15) is 17.3 Å². The van der Waals surface area contributed by atoms with Gasteiger partial charge in [0, 0.05) is 47.8 Å². The molecule has 0 radical (unpaired) electrons. The maximum absolute atomic E-state index is 14.1. The maximum atomic E-state index is 14.1. The number of nitrogens with one attached hydrogen (secondary N) is 1. The van der Waals surface area contributed by atoms with Crippen LogP contribution < -0.4 is 4.72 Å². The number of aromatic nitrogens is 2. The summed E-state index contributed by atoms with van der Waals surface area (Å²) in [6.45, 7) is 13.9. The zero-order valence-corrected chi connectivity index (χ0v) is 23.3. The summed E-state index contributed by atoms with van der Waals surface area (Å²) in [5.41, 5.74) is 2.32. The minimum absolute atomic E-state index is 0.115. The zero-order valence-electron chi connectivity index (χ0n) is 19.9. The van der Waals surface area contributed by atoms with Gasteiger partial charge in [0.25, 0.3) is 0 Å². The third-order valence-corrected chi connectivity index (χ3v) is 9.39. The summed E-state index contributed by atoms with van der Waals surface area (Å²) in [6, 6.07) is 5.59. The second-order valence-electron chi connectivity index (χ2n) is 10.8. The molecule has 1 aliphatic carbocycles. The SMILES string of the molecule is CC(C)(C)[S+]([O-])NC(c1cn(COCC[Si](C)(C)C)nc1-c1cc(F)ccc1Br)C1CC1. The number of benzene rings is 1. The van der Waals surface area contributed by atoms with Crippen LogP contribution in [0.25, 0.3) is 11.3 Å². The van der Waals surface area contributed by atoms with Crippen LogP contribution in [0.1, 0.15) is 45.2 Å². The molecule has 1 heterocycles. The van der Waals surface area contributed by atoms with Crippen LogP contribution in [-0.4, -0.2) is 33.8 Å². The van der Waals surface area contributed by atoms with E-state index in [-0.39, 0.29) is 16.6 Å². The lowest BCUT2D eigenvalue weighted by molar-refractivity contribution is 0.0786. The molecule has 178 valence electrons. The Morgan fingerprint density at radius 1 is 1.34 bits per heavy atom. The molecule has 2 atom stereocenters. The summed E-state index contributed by atoms with van der Waals surface area (Å²) in [5, 5.41) is 4.78. The second kappa shape index (κ2) is 10.3. The topological polar surface area (TPSA) is 62.1 Å². The van der Waals surface area contributed by atoms with Crippen molar-refractivity contribution in [3.05, 3.63) is 40.2 Å². The van der Waals surface area contributed by atoms with Gasteiger partial charge in [0.15, 0.2) is 0 Å². The molecule has 32 heavy (non-hydrogen) atoms. The van der Waals surface area contributed by atoms with E-state index in [1.54, 1.807) is 10.7 Å². The van der Waals surface area contributed by atoms with Crippen LogP contribution in [-0.2, 0) is 22.8 Å². The lowest BCUT2D eigenvalue weighted by Crippen LogP contribution is -2.42. The molecule has 1 saturated carbocycles. The van der Waals surface area contributed by atoms with Crippen molar-refractivity contribution in [1.82, 2.24) is 14.5 Å². The highest BCUT2D eigenvalue weighted by atomic mass is 79.9. The lowest BCUT2D eigenvalue weighted by Gasteiger charge is -2.28. The molecule has 2 unspecified atom stereocenters. The van der Waals surface area contributed by atoms with Crippen LogP contribution in [0, 0.1) is 11.7 Å². The average molecular weight is 545 g/mol. The molecule has 0 bridgehead atoms. The van der Waals surface area contributed by atoms with E-state index < -0.39 is 19.4 Å². The van der Waals surface area contributed by atoms with Crippen molar-refractivity contribution < 1.29 is 13.7 Å². The molecule has 1 N–H and O–H groups in total. The van der Waals surface area contributed by atoms with Crippen LogP contribution >= 0.6 is 15.9 Å². The van der Waals surface area contributed by atoms with Crippen LogP contribution in [0.4, 0.5) is 4.39 Å². The molecule has 1 fully saturated rings. The Morgan fingerprint density at radius 2 is 2.03 bits per heavy atom. The first-order valence-corrected chi connectivity index (χ1v) is 16.8. The number of ether oxygens (including phenoxy) is 1. The van der Waals surface area contributed by atoms with Gasteiger partial charge < -0.3 is 9.29 Å². The molecule has 1 aromatic carbocycles. The fourth-order valence-corrected chi connectivity index (χ4v) is 5.39. The Hall–Kier alpha value is -0.713. The molecular weight excluding hydrogens is 509 g/mol. The lowest BCUT2D eigenvalue weighted by atomic mass is 10.00. The zero-order chi connectivity index (χ0) is 23.7. The van der Waals surface area contributed by atoms with Crippen molar-refractivity contribution in [2.45, 2.75) is 76.8 Å². The van der Waals surface area contributed by atoms with Crippen LogP contribution in [0.2, 0.25) is 25.7 Å². The maximum Gasteiger partial charge on any atom is 0.139 e. The van der Waals surface area contributed by atoms with Crippen LogP contribution in [0.5, 0.6) is 0 Å². The number of rotatable bonds is 10. The Balaban J connectivity index is 1.93. The monoisotopic (exact) mass is 543 g/mol. The first-order chi connectivity index (χ1) is 14.8. The van der Waals surface area contributed by atoms with Gasteiger partial charge in [-0.1, -0.05) is 35.6 Å². The van der Waals surface area contributed by atoms with Crippen molar-refractivity contribution in [2.24, 2.45) is 5.92 Å². The molecule has 0 aliphatic heterocycles. The second-order valence-corrected chi connectivity index (χ2v) is 19.2. The normalized spacial score (nSPS) is 16.9. The van der Waals surface area contributed by atoms with Crippen molar-refractivity contribution in [3.63, 3.8) is 0 Å². The van der Waals surface area contributed by atoms with E-state index in [2.05, 4.69) is 40.3 Å². The highest BCUT2D eigenvalue weighted by Crippen LogP contribution is 2.45. The first-order valence-electron chi connectivity index (χ1n) is 11.1. The van der Waals surface area contributed by atoms with Gasteiger partial charge in [-0.25, -0.2) is 9.07 Å². The first kappa shape index (κ1) is 25.9. The Labute approximate surface area is 204 Å². The summed E-state index contributed by atoms with van der Waals surface area (Å²) >= 11 is 2.33. The summed E-state index contributed by atoms with van der Waals surface area (Å²) in [4.78, 5) is 0. The Kier molecular flexibility index (Phi) is 8.32. The van der Waals surface area contributed by atoms with Gasteiger partial charge in [-0.3, -0.25) is 0 Å². The standard InChI is InChI=1S/C23H35BrFN3O2SSi/c1-23(2,3)31(29)27-21(16-7-8-16)19-14-28(15-30-11-12-32(4,5)6)26-22(19)18-13-17(25)9-10-20(18)24/h9-10,13-14,16,21,27H,7-8,11-12,15H2,1-6H3. The highest BCUT2D eigenvalue weighted by Gasteiger charge is 2.40. The quantitative estimate of drug-likeness (QED) is 0.218. The molecule has 2 aromatic rings. The van der Waals surface area contributed by atoms with E-state index in [0.29, 0.717) is 30.5 Å². The molecule has 1 aliphatic rings. The molecule has 0 saturated heterocycles. The third-order valence-electron chi connectivity index (χ3n) is 5.41. The predicted octanol–water partition coefficient (Wildman–Crippen LogP) is 6.27. The highest BCUT2D eigenvalue weighted by molar-refractivity contribution is 9.10. The minimum Gasteiger partial charge on any atom is -0.598 e.